The fourth-order valence-corrected chi connectivity index (χ4v) is 5.66. The minimum absolute atomic E-state index is 0.0889. The Balaban J connectivity index is 1.25. The van der Waals surface area contributed by atoms with Crippen molar-refractivity contribution in [3.05, 3.63) is 107 Å². The van der Waals surface area contributed by atoms with Crippen LogP contribution in [0.5, 0.6) is 11.5 Å². The molecule has 0 radical (unpaired) electrons. The van der Waals surface area contributed by atoms with Gasteiger partial charge in [-0.05, 0) is 31.2 Å². The Morgan fingerprint density at radius 3 is 1.38 bits per heavy atom. The van der Waals surface area contributed by atoms with Crippen LogP contribution in [0, 0.1) is 5.92 Å². The molecule has 3 aliphatic heterocycles. The van der Waals surface area contributed by atoms with Crippen LogP contribution in [0.15, 0.2) is 96.3 Å². The van der Waals surface area contributed by atoms with E-state index in [-0.39, 0.29) is 19.8 Å². The zero-order chi connectivity index (χ0) is 32.6. The van der Waals surface area contributed by atoms with Crippen LogP contribution in [0.1, 0.15) is 18.1 Å². The summed E-state index contributed by atoms with van der Waals surface area (Å²) in [6, 6.07) is 27.3. The number of carbonyl (C=O) groups is 1. The van der Waals surface area contributed by atoms with Gasteiger partial charge in [0.1, 0.15) is 37.1 Å². The van der Waals surface area contributed by atoms with Gasteiger partial charge in [0.15, 0.2) is 5.60 Å². The molecule has 0 saturated heterocycles. The Kier molecular flexibility index (Phi) is 13.5. The van der Waals surface area contributed by atoms with E-state index < -0.39 is 17.5 Å². The number of hydrogen-bond donors (Lipinski definition) is 0. The van der Waals surface area contributed by atoms with Crippen molar-refractivity contribution in [3.8, 4) is 11.5 Å². The SMILES string of the molecule is CC1=C2C(=O)OCCOCCOCCOc3ccc(cc3)OCCOCCOCCOCC2C(c2ccccc2)(c2ccccc2)O1. The summed E-state index contributed by atoms with van der Waals surface area (Å²) < 4.78 is 52.7. The number of fused-ring (bicyclic) bond motifs is 22. The van der Waals surface area contributed by atoms with Crippen LogP contribution in [0.3, 0.4) is 0 Å². The number of benzene rings is 3. The fourth-order valence-electron chi connectivity index (χ4n) is 5.66. The summed E-state index contributed by atoms with van der Waals surface area (Å²) in [5, 5.41) is 0. The third-order valence-corrected chi connectivity index (χ3v) is 7.84. The third kappa shape index (κ3) is 9.56. The van der Waals surface area contributed by atoms with E-state index in [9.17, 15) is 4.79 Å². The summed E-state index contributed by atoms with van der Waals surface area (Å²) in [5.41, 5.74) is 1.28. The Bertz CT molecular complexity index is 1340. The molecule has 3 aliphatic rings. The highest BCUT2D eigenvalue weighted by atomic mass is 16.6. The number of ether oxygens (including phenoxy) is 9. The normalized spacial score (nSPS) is 21.2. The summed E-state index contributed by atoms with van der Waals surface area (Å²) in [7, 11) is 0. The zero-order valence-corrected chi connectivity index (χ0v) is 26.9. The van der Waals surface area contributed by atoms with E-state index in [0.29, 0.717) is 77.4 Å². The molecule has 47 heavy (non-hydrogen) atoms. The highest BCUT2D eigenvalue weighted by Gasteiger charge is 2.54. The molecule has 3 heterocycles. The predicted molar refractivity (Wildman–Crippen MR) is 173 cm³/mol. The molecule has 1 unspecified atom stereocenters. The van der Waals surface area contributed by atoms with Gasteiger partial charge >= 0.3 is 5.97 Å². The molecular formula is C37H44O10. The number of hydrogen-bond acceptors (Lipinski definition) is 10. The van der Waals surface area contributed by atoms with Crippen LogP contribution >= 0.6 is 0 Å². The lowest BCUT2D eigenvalue weighted by molar-refractivity contribution is -0.142. The van der Waals surface area contributed by atoms with Crippen LogP contribution in [0.25, 0.3) is 0 Å². The lowest BCUT2D eigenvalue weighted by Crippen LogP contribution is -2.39. The molecule has 10 nitrogen and oxygen atoms in total. The van der Waals surface area contributed by atoms with E-state index in [2.05, 4.69) is 0 Å². The molecule has 10 heteroatoms. The van der Waals surface area contributed by atoms with Gasteiger partial charge in [-0.3, -0.25) is 0 Å². The van der Waals surface area contributed by atoms with Crippen molar-refractivity contribution < 1.29 is 47.4 Å². The van der Waals surface area contributed by atoms with Crippen molar-refractivity contribution in [2.75, 3.05) is 85.9 Å². The average molecular weight is 649 g/mol. The lowest BCUT2D eigenvalue weighted by atomic mass is 9.74. The summed E-state index contributed by atoms with van der Waals surface area (Å²) in [5.74, 6) is 1.03. The van der Waals surface area contributed by atoms with Crippen molar-refractivity contribution >= 4 is 5.97 Å². The van der Waals surface area contributed by atoms with E-state index in [1.807, 2.05) is 84.9 Å². The molecule has 0 saturated carbocycles. The number of carbonyl (C=O) groups excluding carboxylic acids is 1. The Morgan fingerprint density at radius 1 is 0.511 bits per heavy atom. The molecule has 252 valence electrons. The molecule has 0 aliphatic carbocycles. The first-order valence-corrected chi connectivity index (χ1v) is 16.1. The van der Waals surface area contributed by atoms with Crippen LogP contribution in [0.2, 0.25) is 0 Å². The van der Waals surface area contributed by atoms with Gasteiger partial charge in [-0.25, -0.2) is 4.79 Å². The van der Waals surface area contributed by atoms with Crippen molar-refractivity contribution in [2.24, 2.45) is 5.92 Å². The van der Waals surface area contributed by atoms with Gasteiger partial charge in [-0.15, -0.1) is 0 Å². The molecule has 0 aromatic heterocycles. The van der Waals surface area contributed by atoms with E-state index in [4.69, 9.17) is 42.6 Å². The molecule has 3 aromatic rings. The second kappa shape index (κ2) is 18.4. The molecule has 0 amide bonds. The van der Waals surface area contributed by atoms with Crippen LogP contribution in [-0.2, 0) is 43.6 Å². The highest BCUT2D eigenvalue weighted by molar-refractivity contribution is 5.91. The van der Waals surface area contributed by atoms with Crippen molar-refractivity contribution in [1.82, 2.24) is 0 Å². The quantitative estimate of drug-likeness (QED) is 0.281. The van der Waals surface area contributed by atoms with Crippen LogP contribution in [-0.4, -0.2) is 91.9 Å². The second-order valence-electron chi connectivity index (χ2n) is 10.9. The van der Waals surface area contributed by atoms with Gasteiger partial charge in [0.25, 0.3) is 0 Å². The maximum Gasteiger partial charge on any atom is 0.338 e. The molecule has 3 aromatic carbocycles. The maximum atomic E-state index is 13.6. The maximum absolute atomic E-state index is 13.6. The first-order valence-electron chi connectivity index (χ1n) is 16.1. The van der Waals surface area contributed by atoms with Crippen LogP contribution < -0.4 is 9.47 Å². The monoisotopic (exact) mass is 648 g/mol. The summed E-state index contributed by atoms with van der Waals surface area (Å²) >= 11 is 0. The van der Waals surface area contributed by atoms with Crippen molar-refractivity contribution in [2.45, 2.75) is 12.5 Å². The Labute approximate surface area is 276 Å². The molecule has 0 N–H and O–H groups in total. The first-order chi connectivity index (χ1) is 23.2. The van der Waals surface area contributed by atoms with Crippen molar-refractivity contribution in [1.29, 1.82) is 0 Å². The standard InChI is InChI=1S/C37H44O10/c1-29-35-34(37(47-29,30-8-4-2-5-9-30)31-10-6-3-7-11-31)28-43-21-20-39-16-17-40-22-25-44-32-12-14-33(15-13-32)45-26-23-41-18-19-42-24-27-46-36(35)38/h2-15,34H,16-28H2,1H3. The molecule has 1 atom stereocenters. The van der Waals surface area contributed by atoms with E-state index in [1.54, 1.807) is 6.92 Å². The van der Waals surface area contributed by atoms with Gasteiger partial charge in [0.05, 0.1) is 77.6 Å². The molecule has 0 spiro atoms. The Hall–Kier alpha value is -3.93. The number of esters is 1. The molecular weight excluding hydrogens is 604 g/mol. The molecule has 6 rings (SSSR count). The lowest BCUT2D eigenvalue weighted by Gasteiger charge is -2.36. The second-order valence-corrected chi connectivity index (χ2v) is 10.9. The average Bonchev–Trinajstić information content (AvgIpc) is 3.41. The van der Waals surface area contributed by atoms with E-state index in [1.165, 1.54) is 0 Å². The molecule has 0 fully saturated rings. The van der Waals surface area contributed by atoms with Gasteiger partial charge < -0.3 is 42.6 Å². The fraction of sp³-hybridized carbons (Fsp3) is 0.432. The zero-order valence-electron chi connectivity index (χ0n) is 26.9. The van der Waals surface area contributed by atoms with Crippen LogP contribution in [0.4, 0.5) is 0 Å². The smallest absolute Gasteiger partial charge is 0.338 e. The number of allylic oxidation sites excluding steroid dienone is 1. The Morgan fingerprint density at radius 2 is 0.915 bits per heavy atom. The number of rotatable bonds is 2. The summed E-state index contributed by atoms with van der Waals surface area (Å²) in [6.45, 7) is 6.32. The summed E-state index contributed by atoms with van der Waals surface area (Å²) in [4.78, 5) is 13.6. The molecule has 2 bridgehead atoms. The third-order valence-electron chi connectivity index (χ3n) is 7.84. The predicted octanol–water partition coefficient (Wildman–Crippen LogP) is 4.95. The van der Waals surface area contributed by atoms with Gasteiger partial charge in [-0.2, -0.15) is 0 Å². The van der Waals surface area contributed by atoms with Gasteiger partial charge in [0, 0.05) is 11.1 Å². The van der Waals surface area contributed by atoms with E-state index in [0.717, 1.165) is 22.6 Å². The van der Waals surface area contributed by atoms with Gasteiger partial charge in [0.2, 0.25) is 0 Å². The topological polar surface area (TPSA) is 100 Å². The van der Waals surface area contributed by atoms with Gasteiger partial charge in [-0.1, -0.05) is 60.7 Å². The summed E-state index contributed by atoms with van der Waals surface area (Å²) in [6.07, 6.45) is 0. The minimum Gasteiger partial charge on any atom is -0.491 e. The highest BCUT2D eigenvalue weighted by Crippen LogP contribution is 2.51. The largest absolute Gasteiger partial charge is 0.491 e. The first kappa shape index (κ1) is 34.4. The van der Waals surface area contributed by atoms with Crippen molar-refractivity contribution in [3.63, 3.8) is 0 Å². The van der Waals surface area contributed by atoms with E-state index >= 15 is 0 Å². The minimum atomic E-state index is -0.988.